The zero-order valence-electron chi connectivity index (χ0n) is 13.8. The van der Waals surface area contributed by atoms with E-state index in [1.54, 1.807) is 24.3 Å². The monoisotopic (exact) mass is 386 g/mol. The summed E-state index contributed by atoms with van der Waals surface area (Å²) in [6.45, 7) is 0.148. The number of primary sulfonamides is 1. The van der Waals surface area contributed by atoms with Crippen molar-refractivity contribution in [1.29, 1.82) is 0 Å². The van der Waals surface area contributed by atoms with Crippen LogP contribution >= 0.6 is 0 Å². The molecule has 0 bridgehead atoms. The van der Waals surface area contributed by atoms with Gasteiger partial charge in [0.2, 0.25) is 22.8 Å². The van der Waals surface area contributed by atoms with Gasteiger partial charge in [0, 0.05) is 17.3 Å². The maximum Gasteiger partial charge on any atom is 0.252 e. The molecule has 0 amide bonds. The standard InChI is InChI=1S/C17H14N4O5S/c18-27(23,24)12-3-1-2-11(7-12)19-17-20-13(8-16(22)21-17)10-4-5-14-15(6-10)26-9-25-14/h1-8H,9H2,(H2,18,23,24)(H2,19,20,21,22). The summed E-state index contributed by atoms with van der Waals surface area (Å²) in [4.78, 5) is 18.9. The van der Waals surface area contributed by atoms with Crippen LogP contribution in [0.15, 0.2) is 58.2 Å². The third kappa shape index (κ3) is 3.61. The Morgan fingerprint density at radius 3 is 2.70 bits per heavy atom. The zero-order valence-corrected chi connectivity index (χ0v) is 14.6. The lowest BCUT2D eigenvalue weighted by Gasteiger charge is -2.09. The molecule has 0 unspecified atom stereocenters. The van der Waals surface area contributed by atoms with E-state index in [0.717, 1.165) is 0 Å². The minimum absolute atomic E-state index is 0.0539. The van der Waals surface area contributed by atoms with Crippen molar-refractivity contribution in [3.05, 3.63) is 58.9 Å². The molecule has 138 valence electrons. The van der Waals surface area contributed by atoms with Crippen molar-refractivity contribution >= 4 is 21.7 Å². The van der Waals surface area contributed by atoms with Crippen LogP contribution in [0.2, 0.25) is 0 Å². The number of sulfonamides is 1. The molecule has 1 aromatic heterocycles. The highest BCUT2D eigenvalue weighted by atomic mass is 32.2. The minimum atomic E-state index is -3.84. The number of fused-ring (bicyclic) bond motifs is 1. The van der Waals surface area contributed by atoms with Crippen molar-refractivity contribution in [2.24, 2.45) is 5.14 Å². The molecule has 0 spiro atoms. The molecular weight excluding hydrogens is 372 g/mol. The Morgan fingerprint density at radius 2 is 1.89 bits per heavy atom. The van der Waals surface area contributed by atoms with Crippen LogP contribution in [0.5, 0.6) is 11.5 Å². The first-order valence-electron chi connectivity index (χ1n) is 7.80. The molecule has 2 heterocycles. The van der Waals surface area contributed by atoms with E-state index < -0.39 is 10.0 Å². The number of anilines is 2. The summed E-state index contributed by atoms with van der Waals surface area (Å²) in [5.74, 6) is 1.36. The molecule has 0 fully saturated rings. The molecule has 1 aliphatic heterocycles. The van der Waals surface area contributed by atoms with Gasteiger partial charge in [-0.25, -0.2) is 18.5 Å². The highest BCUT2D eigenvalue weighted by Crippen LogP contribution is 2.35. The molecule has 4 N–H and O–H groups in total. The molecular formula is C17H14N4O5S. The van der Waals surface area contributed by atoms with Crippen molar-refractivity contribution < 1.29 is 17.9 Å². The van der Waals surface area contributed by atoms with Crippen LogP contribution in [0, 0.1) is 0 Å². The Kier molecular flexibility index (Phi) is 4.05. The van der Waals surface area contributed by atoms with Crippen LogP contribution in [-0.4, -0.2) is 25.2 Å². The van der Waals surface area contributed by atoms with Crippen LogP contribution in [0.1, 0.15) is 0 Å². The lowest BCUT2D eigenvalue weighted by atomic mass is 10.1. The van der Waals surface area contributed by atoms with Gasteiger partial charge in [-0.2, -0.15) is 0 Å². The molecule has 0 saturated carbocycles. The Labute approximate surface area is 153 Å². The summed E-state index contributed by atoms with van der Waals surface area (Å²) >= 11 is 0. The summed E-state index contributed by atoms with van der Waals surface area (Å²) in [6.07, 6.45) is 0. The average Bonchev–Trinajstić information content (AvgIpc) is 3.08. The van der Waals surface area contributed by atoms with E-state index in [-0.39, 0.29) is 23.2 Å². The number of nitrogens with one attached hydrogen (secondary N) is 2. The van der Waals surface area contributed by atoms with Gasteiger partial charge in [-0.15, -0.1) is 0 Å². The minimum Gasteiger partial charge on any atom is -0.454 e. The van der Waals surface area contributed by atoms with E-state index in [1.807, 2.05) is 0 Å². The molecule has 9 nitrogen and oxygen atoms in total. The van der Waals surface area contributed by atoms with E-state index in [4.69, 9.17) is 14.6 Å². The Hall–Kier alpha value is -3.37. The highest BCUT2D eigenvalue weighted by Gasteiger charge is 2.15. The molecule has 0 aliphatic carbocycles. The smallest absolute Gasteiger partial charge is 0.252 e. The van der Waals surface area contributed by atoms with Crippen LogP contribution in [0.3, 0.4) is 0 Å². The highest BCUT2D eigenvalue weighted by molar-refractivity contribution is 7.89. The van der Waals surface area contributed by atoms with Gasteiger partial charge in [-0.1, -0.05) is 6.07 Å². The number of aromatic nitrogens is 2. The summed E-state index contributed by atoms with van der Waals surface area (Å²) in [5.41, 5.74) is 1.13. The van der Waals surface area contributed by atoms with Gasteiger partial charge in [0.1, 0.15) is 0 Å². The number of ether oxygens (including phenoxy) is 2. The largest absolute Gasteiger partial charge is 0.454 e. The van der Waals surface area contributed by atoms with Crippen LogP contribution in [-0.2, 0) is 10.0 Å². The molecule has 0 radical (unpaired) electrons. The summed E-state index contributed by atoms with van der Waals surface area (Å²) < 4.78 is 33.6. The fourth-order valence-electron chi connectivity index (χ4n) is 2.61. The number of hydrogen-bond acceptors (Lipinski definition) is 7. The fourth-order valence-corrected chi connectivity index (χ4v) is 3.17. The quantitative estimate of drug-likeness (QED) is 0.619. The van der Waals surface area contributed by atoms with Crippen molar-refractivity contribution in [1.82, 2.24) is 9.97 Å². The third-order valence-electron chi connectivity index (χ3n) is 3.84. The first-order valence-corrected chi connectivity index (χ1v) is 9.34. The lowest BCUT2D eigenvalue weighted by Crippen LogP contribution is -2.13. The molecule has 27 heavy (non-hydrogen) atoms. The second-order valence-corrected chi connectivity index (χ2v) is 7.31. The van der Waals surface area contributed by atoms with Gasteiger partial charge >= 0.3 is 0 Å². The van der Waals surface area contributed by atoms with E-state index in [1.165, 1.54) is 24.3 Å². The van der Waals surface area contributed by atoms with Gasteiger partial charge in [0.25, 0.3) is 5.56 Å². The van der Waals surface area contributed by atoms with E-state index >= 15 is 0 Å². The fraction of sp³-hybridized carbons (Fsp3) is 0.0588. The second-order valence-electron chi connectivity index (χ2n) is 5.75. The maximum atomic E-state index is 12.0. The SMILES string of the molecule is NS(=O)(=O)c1cccc(Nc2nc(-c3ccc4c(c3)OCO4)cc(=O)[nH]2)c1. The summed E-state index contributed by atoms with van der Waals surface area (Å²) in [7, 11) is -3.84. The van der Waals surface area contributed by atoms with Crippen molar-refractivity contribution in [2.45, 2.75) is 4.90 Å². The molecule has 0 saturated heterocycles. The number of nitrogens with zero attached hydrogens (tertiary/aromatic N) is 1. The van der Waals surface area contributed by atoms with Crippen LogP contribution in [0.4, 0.5) is 11.6 Å². The second kappa shape index (κ2) is 6.41. The van der Waals surface area contributed by atoms with Crippen molar-refractivity contribution in [2.75, 3.05) is 12.1 Å². The maximum absolute atomic E-state index is 12.0. The predicted molar refractivity (Wildman–Crippen MR) is 97.5 cm³/mol. The van der Waals surface area contributed by atoms with E-state index in [9.17, 15) is 13.2 Å². The average molecular weight is 386 g/mol. The topological polar surface area (TPSA) is 136 Å². The Morgan fingerprint density at radius 1 is 1.07 bits per heavy atom. The first-order chi connectivity index (χ1) is 12.9. The van der Waals surface area contributed by atoms with Crippen molar-refractivity contribution in [3.8, 4) is 22.8 Å². The van der Waals surface area contributed by atoms with Crippen LogP contribution in [0.25, 0.3) is 11.3 Å². The molecule has 10 heteroatoms. The number of aromatic amines is 1. The zero-order chi connectivity index (χ0) is 19.0. The molecule has 3 aromatic rings. The molecule has 0 atom stereocenters. The number of hydrogen-bond donors (Lipinski definition) is 3. The number of nitrogens with two attached hydrogens (primary N) is 1. The van der Waals surface area contributed by atoms with E-state index in [0.29, 0.717) is 28.4 Å². The third-order valence-corrected chi connectivity index (χ3v) is 4.75. The normalized spacial score (nSPS) is 12.8. The van der Waals surface area contributed by atoms with Gasteiger partial charge in [-0.05, 0) is 36.4 Å². The molecule has 4 rings (SSSR count). The summed E-state index contributed by atoms with van der Waals surface area (Å²) in [5, 5.41) is 8.01. The Balaban J connectivity index is 1.68. The van der Waals surface area contributed by atoms with Gasteiger partial charge in [0.15, 0.2) is 11.5 Å². The Bertz CT molecular complexity index is 1190. The molecule has 2 aromatic carbocycles. The number of benzene rings is 2. The molecule has 1 aliphatic rings. The van der Waals surface area contributed by atoms with Gasteiger partial charge in [-0.3, -0.25) is 9.78 Å². The lowest BCUT2D eigenvalue weighted by molar-refractivity contribution is 0.174. The first kappa shape index (κ1) is 17.1. The number of rotatable bonds is 4. The van der Waals surface area contributed by atoms with Crippen molar-refractivity contribution in [3.63, 3.8) is 0 Å². The van der Waals surface area contributed by atoms with E-state index in [2.05, 4.69) is 15.3 Å². The summed E-state index contributed by atoms with van der Waals surface area (Å²) in [6, 6.07) is 12.5. The van der Waals surface area contributed by atoms with Gasteiger partial charge in [0.05, 0.1) is 10.6 Å². The predicted octanol–water partition coefficient (Wildman–Crippen LogP) is 1.56. The van der Waals surface area contributed by atoms with Gasteiger partial charge < -0.3 is 14.8 Å². The number of H-pyrrole nitrogens is 1. The van der Waals surface area contributed by atoms with Crippen LogP contribution < -0.4 is 25.5 Å².